The second-order valence-electron chi connectivity index (χ2n) is 10.1. The maximum absolute atomic E-state index is 13.5. The average Bonchev–Trinajstić information content (AvgIpc) is 3.04. The lowest BCUT2D eigenvalue weighted by molar-refractivity contribution is 0.0743. The topological polar surface area (TPSA) is 138 Å². The van der Waals surface area contributed by atoms with Gasteiger partial charge in [-0.05, 0) is 30.2 Å². The van der Waals surface area contributed by atoms with Crippen LogP contribution < -0.4 is 26.7 Å². The molecule has 4 aromatic rings. The molecule has 2 aromatic heterocycles. The van der Waals surface area contributed by atoms with Crippen LogP contribution >= 0.6 is 0 Å². The van der Waals surface area contributed by atoms with Crippen molar-refractivity contribution in [1.82, 2.24) is 24.2 Å². The molecule has 1 fully saturated rings. The summed E-state index contributed by atoms with van der Waals surface area (Å²) in [6.45, 7) is 3.93. The number of amides is 1. The Morgan fingerprint density at radius 1 is 0.881 bits per heavy atom. The highest BCUT2D eigenvalue weighted by Gasteiger charge is 2.27. The number of phenols is 1. The van der Waals surface area contributed by atoms with Crippen LogP contribution in [-0.4, -0.2) is 61.4 Å². The number of hydrogen-bond donors (Lipinski definition) is 3. The van der Waals surface area contributed by atoms with Crippen LogP contribution in [-0.2, 0) is 14.1 Å². The standard InChI is InChI=1S/C30H34N8O4/c1-4-22(20-10-6-5-7-11-20)33-24-25(29(42)36(3)35(2)28(24)41)34-23-13-8-12-21(26(23)39)27(40)37-16-18-38(19-17-37)30-31-14-9-15-32-30/h5-15,22,33-34,39H,4,16-19H2,1-3H3. The molecular formula is C30H34N8O4. The molecule has 1 aliphatic rings. The number of piperazine rings is 1. The number of carbonyl (C=O) groups excluding carboxylic acids is 1. The smallest absolute Gasteiger partial charge is 0.290 e. The van der Waals surface area contributed by atoms with Crippen LogP contribution in [0.5, 0.6) is 5.75 Å². The van der Waals surface area contributed by atoms with E-state index in [1.165, 1.54) is 23.5 Å². The number of carbonyl (C=O) groups is 1. The molecule has 3 N–H and O–H groups in total. The molecule has 2 aromatic carbocycles. The first-order valence-corrected chi connectivity index (χ1v) is 13.8. The van der Waals surface area contributed by atoms with E-state index in [0.717, 1.165) is 5.56 Å². The first-order chi connectivity index (χ1) is 20.3. The lowest BCUT2D eigenvalue weighted by Crippen LogP contribution is -2.49. The molecule has 1 saturated heterocycles. The van der Waals surface area contributed by atoms with Gasteiger partial charge in [-0.3, -0.25) is 14.4 Å². The van der Waals surface area contributed by atoms with Crippen LogP contribution in [0.3, 0.4) is 0 Å². The Balaban J connectivity index is 1.42. The summed E-state index contributed by atoms with van der Waals surface area (Å²) in [5, 5.41) is 17.4. The fourth-order valence-electron chi connectivity index (χ4n) is 5.03. The Morgan fingerprint density at radius 2 is 1.52 bits per heavy atom. The van der Waals surface area contributed by atoms with Gasteiger partial charge in [-0.25, -0.2) is 19.3 Å². The van der Waals surface area contributed by atoms with Crippen LogP contribution in [0.15, 0.2) is 76.6 Å². The van der Waals surface area contributed by atoms with Gasteiger partial charge in [-0.1, -0.05) is 43.3 Å². The SMILES string of the molecule is CCC(Nc1c(Nc2cccc(C(=O)N3CCN(c4ncccn4)CC3)c2O)c(=O)n(C)n(C)c1=O)c1ccccc1. The van der Waals surface area contributed by atoms with Crippen LogP contribution in [0.2, 0.25) is 0 Å². The minimum Gasteiger partial charge on any atom is -0.505 e. The molecule has 1 unspecified atom stereocenters. The minimum absolute atomic E-state index is 0.0219. The molecule has 1 atom stereocenters. The van der Waals surface area contributed by atoms with Gasteiger partial charge < -0.3 is 25.5 Å². The zero-order chi connectivity index (χ0) is 29.8. The fraction of sp³-hybridized carbons (Fsp3) is 0.300. The predicted octanol–water partition coefficient (Wildman–Crippen LogP) is 2.85. The number of phenolic OH excluding ortho intramolecular Hbond substituents is 1. The number of rotatable bonds is 8. The molecule has 0 spiro atoms. The van der Waals surface area contributed by atoms with E-state index in [1.54, 1.807) is 41.6 Å². The third kappa shape index (κ3) is 5.55. The van der Waals surface area contributed by atoms with Gasteiger partial charge in [0, 0.05) is 52.7 Å². The van der Waals surface area contributed by atoms with Crippen molar-refractivity contribution in [3.05, 3.63) is 98.8 Å². The molecule has 42 heavy (non-hydrogen) atoms. The van der Waals surface area contributed by atoms with Crippen molar-refractivity contribution in [2.75, 3.05) is 41.7 Å². The molecular weight excluding hydrogens is 536 g/mol. The average molecular weight is 571 g/mol. The molecule has 12 nitrogen and oxygen atoms in total. The number of aromatic nitrogens is 4. The van der Waals surface area contributed by atoms with E-state index in [2.05, 4.69) is 20.6 Å². The third-order valence-electron chi connectivity index (χ3n) is 7.57. The third-order valence-corrected chi connectivity index (χ3v) is 7.57. The first-order valence-electron chi connectivity index (χ1n) is 13.8. The summed E-state index contributed by atoms with van der Waals surface area (Å²) in [5.41, 5.74) is 0.355. The van der Waals surface area contributed by atoms with Crippen LogP contribution in [0, 0.1) is 0 Å². The van der Waals surface area contributed by atoms with E-state index in [9.17, 15) is 19.5 Å². The Bertz CT molecular complexity index is 1680. The summed E-state index contributed by atoms with van der Waals surface area (Å²) in [5.74, 6) is -0.0357. The zero-order valence-corrected chi connectivity index (χ0v) is 23.8. The number of nitrogens with one attached hydrogen (secondary N) is 2. The lowest BCUT2D eigenvalue weighted by Gasteiger charge is -2.34. The predicted molar refractivity (Wildman–Crippen MR) is 162 cm³/mol. The zero-order valence-electron chi connectivity index (χ0n) is 23.8. The first kappa shape index (κ1) is 28.4. The van der Waals surface area contributed by atoms with Crippen molar-refractivity contribution in [3.8, 4) is 5.75 Å². The summed E-state index contributed by atoms with van der Waals surface area (Å²) in [4.78, 5) is 52.5. The number of benzene rings is 2. The van der Waals surface area contributed by atoms with Crippen molar-refractivity contribution in [2.45, 2.75) is 19.4 Å². The highest BCUT2D eigenvalue weighted by Crippen LogP contribution is 2.33. The molecule has 0 bridgehead atoms. The molecule has 12 heteroatoms. The van der Waals surface area contributed by atoms with Gasteiger partial charge in [0.1, 0.15) is 11.4 Å². The van der Waals surface area contributed by atoms with Crippen molar-refractivity contribution in [3.63, 3.8) is 0 Å². The molecule has 1 aliphatic heterocycles. The molecule has 0 saturated carbocycles. The number of para-hydroxylation sites is 1. The Kier molecular flexibility index (Phi) is 8.23. The quantitative estimate of drug-likeness (QED) is 0.273. The van der Waals surface area contributed by atoms with Gasteiger partial charge >= 0.3 is 0 Å². The molecule has 0 aliphatic carbocycles. The van der Waals surface area contributed by atoms with E-state index in [4.69, 9.17) is 0 Å². The fourth-order valence-corrected chi connectivity index (χ4v) is 5.03. The van der Waals surface area contributed by atoms with Crippen molar-refractivity contribution in [1.29, 1.82) is 0 Å². The highest BCUT2D eigenvalue weighted by molar-refractivity contribution is 5.99. The molecule has 5 rings (SSSR count). The number of nitrogens with zero attached hydrogens (tertiary/aromatic N) is 6. The van der Waals surface area contributed by atoms with Gasteiger partial charge in [0.15, 0.2) is 5.75 Å². The normalized spacial score (nSPS) is 14.0. The summed E-state index contributed by atoms with van der Waals surface area (Å²) < 4.78 is 2.43. The summed E-state index contributed by atoms with van der Waals surface area (Å²) in [7, 11) is 3.01. The largest absolute Gasteiger partial charge is 0.505 e. The Morgan fingerprint density at radius 3 is 2.17 bits per heavy atom. The monoisotopic (exact) mass is 570 g/mol. The lowest BCUT2D eigenvalue weighted by atomic mass is 10.0. The van der Waals surface area contributed by atoms with Crippen molar-refractivity contribution < 1.29 is 9.90 Å². The highest BCUT2D eigenvalue weighted by atomic mass is 16.3. The van der Waals surface area contributed by atoms with E-state index < -0.39 is 11.1 Å². The van der Waals surface area contributed by atoms with Gasteiger partial charge in [0.2, 0.25) is 5.95 Å². The number of aromatic hydroxyl groups is 1. The van der Waals surface area contributed by atoms with E-state index >= 15 is 0 Å². The molecule has 3 heterocycles. The molecule has 218 valence electrons. The van der Waals surface area contributed by atoms with Gasteiger partial charge in [0.05, 0.1) is 17.3 Å². The van der Waals surface area contributed by atoms with Crippen molar-refractivity contribution >= 4 is 28.9 Å². The van der Waals surface area contributed by atoms with E-state index in [-0.39, 0.29) is 40.3 Å². The Labute approximate surface area is 242 Å². The number of hydrogen-bond acceptors (Lipinski definition) is 9. The molecule has 0 radical (unpaired) electrons. The second kappa shape index (κ2) is 12.2. The number of anilines is 4. The summed E-state index contributed by atoms with van der Waals surface area (Å²) in [6.07, 6.45) is 4.01. The second-order valence-corrected chi connectivity index (χ2v) is 10.1. The maximum atomic E-state index is 13.5. The summed E-state index contributed by atoms with van der Waals surface area (Å²) >= 11 is 0. The van der Waals surface area contributed by atoms with Crippen molar-refractivity contribution in [2.24, 2.45) is 14.1 Å². The minimum atomic E-state index is -0.474. The molecule has 1 amide bonds. The van der Waals surface area contributed by atoms with Crippen LogP contribution in [0.25, 0.3) is 0 Å². The van der Waals surface area contributed by atoms with Gasteiger partial charge in [-0.2, -0.15) is 0 Å². The maximum Gasteiger partial charge on any atom is 0.290 e. The van der Waals surface area contributed by atoms with Crippen LogP contribution in [0.4, 0.5) is 23.0 Å². The van der Waals surface area contributed by atoms with Gasteiger partial charge in [0.25, 0.3) is 17.0 Å². The van der Waals surface area contributed by atoms with Crippen LogP contribution in [0.1, 0.15) is 35.3 Å². The van der Waals surface area contributed by atoms with Gasteiger partial charge in [-0.15, -0.1) is 0 Å². The van der Waals surface area contributed by atoms with E-state index in [0.29, 0.717) is 38.5 Å². The van der Waals surface area contributed by atoms with E-state index in [1.807, 2.05) is 42.2 Å². The summed E-state index contributed by atoms with van der Waals surface area (Å²) in [6, 6.07) is 15.9. The Hall–Kier alpha value is -5.13.